The maximum Gasteiger partial charge on any atom is 0.227 e. The first-order valence-corrected chi connectivity index (χ1v) is 7.48. The van der Waals surface area contributed by atoms with Crippen molar-refractivity contribution < 1.29 is 4.79 Å². The van der Waals surface area contributed by atoms with Crippen LogP contribution in [0.3, 0.4) is 0 Å². The van der Waals surface area contributed by atoms with Crippen LogP contribution in [0.25, 0.3) is 0 Å². The molecule has 0 unspecified atom stereocenters. The van der Waals surface area contributed by atoms with E-state index in [0.717, 1.165) is 5.56 Å². The molecule has 0 saturated heterocycles. The number of carbonyl (C=O) groups is 1. The largest absolute Gasteiger partial charge is 0.393 e. The van der Waals surface area contributed by atoms with Crippen molar-refractivity contribution in [2.45, 2.75) is 26.7 Å². The van der Waals surface area contributed by atoms with Crippen molar-refractivity contribution in [2.24, 2.45) is 11.7 Å². The minimum Gasteiger partial charge on any atom is -0.393 e. The highest BCUT2D eigenvalue weighted by molar-refractivity contribution is 7.80. The summed E-state index contributed by atoms with van der Waals surface area (Å²) in [6.45, 7) is 5.43. The van der Waals surface area contributed by atoms with Crippen molar-refractivity contribution in [3.8, 4) is 0 Å². The maximum absolute atomic E-state index is 12.4. The fraction of sp³-hybridized carbons (Fsp3) is 0.467. The standard InChI is InChI=1S/C15H21ClN2OS/c1-11(2)10-18(8-7-14(17)20)15(19)9-12-5-3-4-6-13(12)16/h3-6,11H,7-10H2,1-2H3,(H2,17,20). The van der Waals surface area contributed by atoms with Crippen LogP contribution < -0.4 is 5.73 Å². The van der Waals surface area contributed by atoms with Gasteiger partial charge in [0.2, 0.25) is 5.91 Å². The number of thiocarbonyl (C=S) groups is 1. The summed E-state index contributed by atoms with van der Waals surface area (Å²) >= 11 is 11.0. The minimum atomic E-state index is 0.0584. The molecule has 0 fully saturated rings. The Morgan fingerprint density at radius 2 is 2.05 bits per heavy atom. The third-order valence-electron chi connectivity index (χ3n) is 2.87. The molecule has 20 heavy (non-hydrogen) atoms. The van der Waals surface area contributed by atoms with Gasteiger partial charge in [0.05, 0.1) is 11.4 Å². The number of benzene rings is 1. The van der Waals surface area contributed by atoms with Crippen LogP contribution in [0.1, 0.15) is 25.8 Å². The summed E-state index contributed by atoms with van der Waals surface area (Å²) in [5.74, 6) is 0.458. The zero-order valence-corrected chi connectivity index (χ0v) is 13.5. The molecule has 2 N–H and O–H groups in total. The fourth-order valence-corrected chi connectivity index (χ4v) is 2.21. The zero-order chi connectivity index (χ0) is 15.1. The molecule has 110 valence electrons. The van der Waals surface area contributed by atoms with Crippen LogP contribution in [-0.4, -0.2) is 28.9 Å². The summed E-state index contributed by atoms with van der Waals surface area (Å²) in [6.07, 6.45) is 0.861. The van der Waals surface area contributed by atoms with Gasteiger partial charge in [-0.2, -0.15) is 0 Å². The van der Waals surface area contributed by atoms with Gasteiger partial charge in [-0.05, 0) is 17.5 Å². The molecule has 0 atom stereocenters. The fourth-order valence-electron chi connectivity index (χ4n) is 1.92. The Morgan fingerprint density at radius 1 is 1.40 bits per heavy atom. The van der Waals surface area contributed by atoms with Gasteiger partial charge in [0.15, 0.2) is 0 Å². The first-order valence-electron chi connectivity index (χ1n) is 6.69. The summed E-state index contributed by atoms with van der Waals surface area (Å²) in [5, 5.41) is 0.625. The van der Waals surface area contributed by atoms with Crippen LogP contribution in [0.4, 0.5) is 0 Å². The summed E-state index contributed by atoms with van der Waals surface area (Å²) in [5.41, 5.74) is 6.37. The molecule has 0 bridgehead atoms. The number of halogens is 1. The molecule has 0 spiro atoms. The number of hydrogen-bond donors (Lipinski definition) is 1. The smallest absolute Gasteiger partial charge is 0.227 e. The average Bonchev–Trinajstić information content (AvgIpc) is 2.36. The normalized spacial score (nSPS) is 10.6. The first kappa shape index (κ1) is 16.9. The van der Waals surface area contributed by atoms with Crippen LogP contribution >= 0.6 is 23.8 Å². The van der Waals surface area contributed by atoms with E-state index >= 15 is 0 Å². The number of amides is 1. The first-order chi connectivity index (χ1) is 9.40. The number of carbonyl (C=O) groups excluding carboxylic acids is 1. The number of rotatable bonds is 7. The lowest BCUT2D eigenvalue weighted by molar-refractivity contribution is -0.130. The Hall–Kier alpha value is -1.13. The molecule has 1 amide bonds. The maximum atomic E-state index is 12.4. The Kier molecular flexibility index (Phi) is 6.96. The van der Waals surface area contributed by atoms with Crippen molar-refractivity contribution in [3.63, 3.8) is 0 Å². The Morgan fingerprint density at radius 3 is 2.60 bits per heavy atom. The quantitative estimate of drug-likeness (QED) is 0.787. The van der Waals surface area contributed by atoms with Gasteiger partial charge >= 0.3 is 0 Å². The molecule has 5 heteroatoms. The van der Waals surface area contributed by atoms with Crippen molar-refractivity contribution in [3.05, 3.63) is 34.9 Å². The van der Waals surface area contributed by atoms with E-state index in [0.29, 0.717) is 41.9 Å². The summed E-state index contributed by atoms with van der Waals surface area (Å²) in [7, 11) is 0. The highest BCUT2D eigenvalue weighted by Gasteiger charge is 2.16. The van der Waals surface area contributed by atoms with Gasteiger partial charge in [0.1, 0.15) is 0 Å². The topological polar surface area (TPSA) is 46.3 Å². The number of nitrogens with zero attached hydrogens (tertiary/aromatic N) is 1. The molecule has 0 aromatic heterocycles. The van der Waals surface area contributed by atoms with Crippen LogP contribution in [0.15, 0.2) is 24.3 Å². The number of nitrogens with two attached hydrogens (primary N) is 1. The van der Waals surface area contributed by atoms with Crippen LogP contribution in [0.2, 0.25) is 5.02 Å². The Balaban J connectivity index is 2.72. The monoisotopic (exact) mass is 312 g/mol. The van der Waals surface area contributed by atoms with E-state index in [9.17, 15) is 4.79 Å². The predicted octanol–water partition coefficient (Wildman–Crippen LogP) is 3.04. The van der Waals surface area contributed by atoms with E-state index in [2.05, 4.69) is 13.8 Å². The lowest BCUT2D eigenvalue weighted by Gasteiger charge is -2.24. The molecule has 0 saturated carbocycles. The van der Waals surface area contributed by atoms with E-state index in [4.69, 9.17) is 29.6 Å². The van der Waals surface area contributed by atoms with Crippen molar-refractivity contribution in [1.82, 2.24) is 4.90 Å². The lowest BCUT2D eigenvalue weighted by Crippen LogP contribution is -2.37. The van der Waals surface area contributed by atoms with Crippen molar-refractivity contribution in [1.29, 1.82) is 0 Å². The van der Waals surface area contributed by atoms with Crippen molar-refractivity contribution >= 4 is 34.7 Å². The summed E-state index contributed by atoms with van der Waals surface area (Å²) in [6, 6.07) is 7.42. The third-order valence-corrected chi connectivity index (χ3v) is 3.44. The molecular formula is C15H21ClN2OS. The molecule has 1 rings (SSSR count). The highest BCUT2D eigenvalue weighted by Crippen LogP contribution is 2.16. The van der Waals surface area contributed by atoms with E-state index in [1.165, 1.54) is 0 Å². The van der Waals surface area contributed by atoms with Gasteiger partial charge in [-0.1, -0.05) is 55.9 Å². The van der Waals surface area contributed by atoms with Crippen LogP contribution in [-0.2, 0) is 11.2 Å². The molecule has 0 aliphatic heterocycles. The second-order valence-electron chi connectivity index (χ2n) is 5.22. The predicted molar refractivity (Wildman–Crippen MR) is 88.0 cm³/mol. The van der Waals surface area contributed by atoms with Gasteiger partial charge in [-0.15, -0.1) is 0 Å². The zero-order valence-electron chi connectivity index (χ0n) is 11.9. The van der Waals surface area contributed by atoms with E-state index in [-0.39, 0.29) is 5.91 Å². The molecule has 0 radical (unpaired) electrons. The van der Waals surface area contributed by atoms with E-state index < -0.39 is 0 Å². The highest BCUT2D eigenvalue weighted by atomic mass is 35.5. The molecule has 1 aromatic carbocycles. The van der Waals surface area contributed by atoms with Gasteiger partial charge in [-0.25, -0.2) is 0 Å². The molecule has 1 aromatic rings. The summed E-state index contributed by atoms with van der Waals surface area (Å²) < 4.78 is 0. The van der Waals surface area contributed by atoms with Gasteiger partial charge in [0.25, 0.3) is 0 Å². The third kappa shape index (κ3) is 5.88. The second-order valence-corrected chi connectivity index (χ2v) is 6.15. The minimum absolute atomic E-state index is 0.0584. The van der Waals surface area contributed by atoms with Crippen LogP contribution in [0, 0.1) is 5.92 Å². The lowest BCUT2D eigenvalue weighted by atomic mass is 10.1. The van der Waals surface area contributed by atoms with Gasteiger partial charge in [0, 0.05) is 24.5 Å². The molecule has 3 nitrogen and oxygen atoms in total. The number of hydrogen-bond acceptors (Lipinski definition) is 2. The molecule has 0 aliphatic rings. The second kappa shape index (κ2) is 8.22. The van der Waals surface area contributed by atoms with Gasteiger partial charge < -0.3 is 10.6 Å². The van der Waals surface area contributed by atoms with Crippen LogP contribution in [0.5, 0.6) is 0 Å². The summed E-state index contributed by atoms with van der Waals surface area (Å²) in [4.78, 5) is 14.6. The van der Waals surface area contributed by atoms with Crippen molar-refractivity contribution in [2.75, 3.05) is 13.1 Å². The molecule has 0 heterocycles. The van der Waals surface area contributed by atoms with Gasteiger partial charge in [-0.3, -0.25) is 4.79 Å². The SMILES string of the molecule is CC(C)CN(CCC(N)=S)C(=O)Cc1ccccc1Cl. The Bertz CT molecular complexity index is 477. The Labute approximate surface area is 131 Å². The average molecular weight is 313 g/mol. The van der Waals surface area contributed by atoms with E-state index in [1.54, 1.807) is 6.07 Å². The molecular weight excluding hydrogens is 292 g/mol. The van der Waals surface area contributed by atoms with E-state index in [1.807, 2.05) is 23.1 Å². The molecule has 0 aliphatic carbocycles.